The predicted molar refractivity (Wildman–Crippen MR) is 111 cm³/mol. The lowest BCUT2D eigenvalue weighted by Gasteiger charge is -2.35. The highest BCUT2D eigenvalue weighted by molar-refractivity contribution is 5.68. The van der Waals surface area contributed by atoms with E-state index in [1.54, 1.807) is 0 Å². The van der Waals surface area contributed by atoms with Crippen molar-refractivity contribution < 1.29 is 14.3 Å². The molecule has 2 aromatic heterocycles. The molecule has 1 fully saturated rings. The largest absolute Gasteiger partial charge is 0.488 e. The summed E-state index contributed by atoms with van der Waals surface area (Å²) in [5.74, 6) is 1.33. The number of fused-ring (bicyclic) bond motifs is 1. The van der Waals surface area contributed by atoms with Crippen molar-refractivity contribution >= 4 is 6.09 Å². The van der Waals surface area contributed by atoms with Gasteiger partial charge in [-0.1, -0.05) is 0 Å². The van der Waals surface area contributed by atoms with Crippen LogP contribution in [0.15, 0.2) is 30.6 Å². The second kappa shape index (κ2) is 7.65. The quantitative estimate of drug-likeness (QED) is 0.754. The lowest BCUT2D eigenvalue weighted by molar-refractivity contribution is 0.0123. The Labute approximate surface area is 172 Å². The number of ether oxygens (including phenoxy) is 2. The van der Waals surface area contributed by atoms with Crippen LogP contribution in [0.5, 0.6) is 5.75 Å². The van der Waals surface area contributed by atoms with E-state index < -0.39 is 5.60 Å². The van der Waals surface area contributed by atoms with Crippen molar-refractivity contribution in [3.05, 3.63) is 41.9 Å². The van der Waals surface area contributed by atoms with Crippen molar-refractivity contribution in [2.45, 2.75) is 58.7 Å². The first kappa shape index (κ1) is 19.7. The molecule has 0 aromatic carbocycles. The van der Waals surface area contributed by atoms with Crippen LogP contribution < -0.4 is 4.74 Å². The molecular weight excluding hydrogens is 366 g/mol. The van der Waals surface area contributed by atoms with Gasteiger partial charge in [-0.25, -0.2) is 4.79 Å². The van der Waals surface area contributed by atoms with E-state index in [4.69, 9.17) is 9.47 Å². The zero-order valence-electron chi connectivity index (χ0n) is 17.6. The molecule has 0 bridgehead atoms. The minimum absolute atomic E-state index is 0.155. The average Bonchev–Trinajstić information content (AvgIpc) is 3.10. The minimum Gasteiger partial charge on any atom is -0.488 e. The highest BCUT2D eigenvalue weighted by Gasteiger charge is 2.35. The van der Waals surface area contributed by atoms with Crippen LogP contribution in [0, 0.1) is 12.8 Å². The van der Waals surface area contributed by atoms with Gasteiger partial charge in [-0.2, -0.15) is 0 Å². The fourth-order valence-electron chi connectivity index (χ4n) is 4.08. The topological polar surface area (TPSA) is 64.5 Å². The zero-order valence-corrected chi connectivity index (χ0v) is 17.6. The summed E-state index contributed by atoms with van der Waals surface area (Å²) in [5.41, 5.74) is 3.77. The van der Waals surface area contributed by atoms with Gasteiger partial charge >= 0.3 is 6.09 Å². The number of hydrogen-bond acceptors (Lipinski definition) is 5. The Morgan fingerprint density at radius 1 is 1.21 bits per heavy atom. The van der Waals surface area contributed by atoms with Crippen LogP contribution in [-0.2, 0) is 11.2 Å². The SMILES string of the molecule is Cc1cc(-c2cc3c(cn2)OC(C2CCN(C(=O)OC(C)(C)C)CC2)C3)ccn1. The van der Waals surface area contributed by atoms with E-state index in [1.807, 2.05) is 51.1 Å². The van der Waals surface area contributed by atoms with Crippen LogP contribution in [0.2, 0.25) is 0 Å². The summed E-state index contributed by atoms with van der Waals surface area (Å²) in [6.45, 7) is 9.12. The fraction of sp³-hybridized carbons (Fsp3) is 0.522. The lowest BCUT2D eigenvalue weighted by atomic mass is 9.89. The van der Waals surface area contributed by atoms with Gasteiger partial charge in [-0.15, -0.1) is 0 Å². The number of piperidine rings is 1. The number of hydrogen-bond donors (Lipinski definition) is 0. The first-order valence-electron chi connectivity index (χ1n) is 10.3. The smallest absolute Gasteiger partial charge is 0.410 e. The molecule has 1 amide bonds. The van der Waals surface area contributed by atoms with Gasteiger partial charge in [-0.3, -0.25) is 9.97 Å². The number of rotatable bonds is 2. The third kappa shape index (κ3) is 4.52. The van der Waals surface area contributed by atoms with Crippen LogP contribution in [0.3, 0.4) is 0 Å². The molecule has 2 aliphatic rings. The van der Waals surface area contributed by atoms with Crippen LogP contribution in [0.4, 0.5) is 4.79 Å². The molecule has 0 spiro atoms. The summed E-state index contributed by atoms with van der Waals surface area (Å²) in [7, 11) is 0. The van der Waals surface area contributed by atoms with Crippen LogP contribution >= 0.6 is 0 Å². The maximum Gasteiger partial charge on any atom is 0.410 e. The average molecular weight is 396 g/mol. The van der Waals surface area contributed by atoms with Gasteiger partial charge in [0.25, 0.3) is 0 Å². The van der Waals surface area contributed by atoms with E-state index in [2.05, 4.69) is 22.1 Å². The lowest BCUT2D eigenvalue weighted by Crippen LogP contribution is -2.44. The van der Waals surface area contributed by atoms with Gasteiger partial charge in [0, 0.05) is 42.5 Å². The van der Waals surface area contributed by atoms with E-state index in [1.165, 1.54) is 5.56 Å². The molecule has 0 radical (unpaired) electrons. The van der Waals surface area contributed by atoms with Crippen molar-refractivity contribution in [3.8, 4) is 17.0 Å². The van der Waals surface area contributed by atoms with E-state index >= 15 is 0 Å². The molecule has 6 nitrogen and oxygen atoms in total. The summed E-state index contributed by atoms with van der Waals surface area (Å²) in [6.07, 6.45) is 6.36. The summed E-state index contributed by atoms with van der Waals surface area (Å²) in [5, 5.41) is 0. The number of carbonyl (C=O) groups excluding carboxylic acids is 1. The molecule has 0 aliphatic carbocycles. The zero-order chi connectivity index (χ0) is 20.6. The van der Waals surface area contributed by atoms with E-state index in [0.717, 1.165) is 55.1 Å². The molecule has 1 saturated heterocycles. The van der Waals surface area contributed by atoms with Gasteiger partial charge in [-0.05, 0) is 64.7 Å². The molecule has 0 saturated carbocycles. The molecule has 2 aliphatic heterocycles. The Balaban J connectivity index is 1.37. The molecule has 2 aromatic rings. The molecular formula is C23H29N3O3. The third-order valence-electron chi connectivity index (χ3n) is 5.56. The fourth-order valence-corrected chi connectivity index (χ4v) is 4.08. The van der Waals surface area contributed by atoms with Crippen LogP contribution in [-0.4, -0.2) is 45.8 Å². The first-order valence-corrected chi connectivity index (χ1v) is 10.3. The van der Waals surface area contributed by atoms with Crippen LogP contribution in [0.25, 0.3) is 11.3 Å². The number of carbonyl (C=O) groups is 1. The minimum atomic E-state index is -0.456. The summed E-state index contributed by atoms with van der Waals surface area (Å²) >= 11 is 0. The molecule has 4 heterocycles. The molecule has 4 rings (SSSR count). The Hall–Kier alpha value is -2.63. The third-order valence-corrected chi connectivity index (χ3v) is 5.56. The maximum absolute atomic E-state index is 12.3. The number of aromatic nitrogens is 2. The second-order valence-corrected chi connectivity index (χ2v) is 9.03. The number of nitrogens with zero attached hydrogens (tertiary/aromatic N) is 3. The van der Waals surface area contributed by atoms with E-state index in [9.17, 15) is 4.79 Å². The normalized spacial score (nSPS) is 19.6. The van der Waals surface area contributed by atoms with Crippen molar-refractivity contribution in [1.29, 1.82) is 0 Å². The molecule has 1 atom stereocenters. The molecule has 154 valence electrons. The number of amides is 1. The number of pyridine rings is 2. The molecule has 1 unspecified atom stereocenters. The van der Waals surface area contributed by atoms with Gasteiger partial charge in [0.15, 0.2) is 0 Å². The van der Waals surface area contributed by atoms with Crippen molar-refractivity contribution in [2.24, 2.45) is 5.92 Å². The van der Waals surface area contributed by atoms with E-state index in [-0.39, 0.29) is 12.2 Å². The Morgan fingerprint density at radius 2 is 1.97 bits per heavy atom. The standard InChI is InChI=1S/C23H29N3O3/c1-15-11-17(5-8-24-15)19-12-18-13-20(28-21(18)14-25-19)16-6-9-26(10-7-16)22(27)29-23(2,3)4/h5,8,11-12,14,16,20H,6-7,9-10,13H2,1-4H3. The summed E-state index contributed by atoms with van der Waals surface area (Å²) in [6, 6.07) is 6.18. The summed E-state index contributed by atoms with van der Waals surface area (Å²) in [4.78, 5) is 22.9. The summed E-state index contributed by atoms with van der Waals surface area (Å²) < 4.78 is 11.7. The number of aryl methyl sites for hydroxylation is 1. The van der Waals surface area contributed by atoms with Gasteiger partial charge in [0.1, 0.15) is 17.5 Å². The van der Waals surface area contributed by atoms with Gasteiger partial charge < -0.3 is 14.4 Å². The second-order valence-electron chi connectivity index (χ2n) is 9.03. The highest BCUT2D eigenvalue weighted by Crippen LogP contribution is 2.36. The Kier molecular flexibility index (Phi) is 5.19. The number of likely N-dealkylation sites (tertiary alicyclic amines) is 1. The van der Waals surface area contributed by atoms with Gasteiger partial charge in [0.2, 0.25) is 0 Å². The monoisotopic (exact) mass is 395 g/mol. The highest BCUT2D eigenvalue weighted by atomic mass is 16.6. The van der Waals surface area contributed by atoms with E-state index in [0.29, 0.717) is 5.92 Å². The molecule has 6 heteroatoms. The van der Waals surface area contributed by atoms with Crippen molar-refractivity contribution in [1.82, 2.24) is 14.9 Å². The Bertz CT molecular complexity index is 898. The Morgan fingerprint density at radius 3 is 2.66 bits per heavy atom. The first-order chi connectivity index (χ1) is 13.8. The van der Waals surface area contributed by atoms with Crippen molar-refractivity contribution in [2.75, 3.05) is 13.1 Å². The van der Waals surface area contributed by atoms with Crippen molar-refractivity contribution in [3.63, 3.8) is 0 Å². The molecule has 0 N–H and O–H groups in total. The maximum atomic E-state index is 12.3. The molecule has 29 heavy (non-hydrogen) atoms. The van der Waals surface area contributed by atoms with Crippen LogP contribution in [0.1, 0.15) is 44.9 Å². The predicted octanol–water partition coefficient (Wildman–Crippen LogP) is 4.40. The van der Waals surface area contributed by atoms with Gasteiger partial charge in [0.05, 0.1) is 11.9 Å².